The van der Waals surface area contributed by atoms with E-state index < -0.39 is 0 Å². The molecule has 1 aromatic heterocycles. The molecule has 0 amide bonds. The van der Waals surface area contributed by atoms with Gasteiger partial charge in [0.2, 0.25) is 0 Å². The van der Waals surface area contributed by atoms with Crippen LogP contribution < -0.4 is 0 Å². The third-order valence-electron chi connectivity index (χ3n) is 2.87. The van der Waals surface area contributed by atoms with E-state index >= 15 is 0 Å². The van der Waals surface area contributed by atoms with Crippen molar-refractivity contribution in [1.29, 1.82) is 0 Å². The van der Waals surface area contributed by atoms with Gasteiger partial charge in [-0.25, -0.2) is 4.39 Å². The summed E-state index contributed by atoms with van der Waals surface area (Å²) in [6.07, 6.45) is 0. The minimum Gasteiger partial charge on any atom is -0.207 e. The highest BCUT2D eigenvalue weighted by Gasteiger charge is 2.01. The third kappa shape index (κ3) is 2.20. The zero-order chi connectivity index (χ0) is 12.4. The Bertz CT molecular complexity index is 622. The number of thiophene rings is 1. The zero-order valence-electron chi connectivity index (χ0n) is 9.64. The van der Waals surface area contributed by atoms with Crippen LogP contribution in [-0.2, 0) is 0 Å². The second-order valence-corrected chi connectivity index (χ2v) is 5.01. The van der Waals surface area contributed by atoms with Crippen molar-refractivity contribution in [3.05, 3.63) is 71.9 Å². The molecule has 0 bridgehead atoms. The molecule has 88 valence electrons. The Labute approximate surface area is 109 Å². The molecular weight excluding hydrogens is 243 g/mol. The highest BCUT2D eigenvalue weighted by molar-refractivity contribution is 7.13. The van der Waals surface area contributed by atoms with Gasteiger partial charge in [-0.3, -0.25) is 0 Å². The topological polar surface area (TPSA) is 0 Å². The molecule has 0 N–H and O–H groups in total. The molecule has 0 saturated heterocycles. The first-order valence-corrected chi connectivity index (χ1v) is 6.61. The van der Waals surface area contributed by atoms with Crippen LogP contribution in [0.15, 0.2) is 66.0 Å². The molecule has 0 aliphatic heterocycles. The molecule has 0 fully saturated rings. The van der Waals surface area contributed by atoms with Crippen LogP contribution in [0.4, 0.5) is 4.39 Å². The van der Waals surface area contributed by atoms with Gasteiger partial charge in [0.05, 0.1) is 0 Å². The van der Waals surface area contributed by atoms with Gasteiger partial charge in [0, 0.05) is 4.88 Å². The molecule has 0 aliphatic carbocycles. The predicted molar refractivity (Wildman–Crippen MR) is 75.1 cm³/mol. The standard InChI is InChI=1S/C16H11FS/c17-15-9-7-13(8-10-15)12-3-5-14(6-4-12)16-2-1-11-18-16/h1-11H. The lowest BCUT2D eigenvalue weighted by Gasteiger charge is -2.03. The lowest BCUT2D eigenvalue weighted by molar-refractivity contribution is 0.628. The number of halogens is 1. The maximum absolute atomic E-state index is 12.9. The summed E-state index contributed by atoms with van der Waals surface area (Å²) in [7, 11) is 0. The number of benzene rings is 2. The Morgan fingerprint density at radius 2 is 1.22 bits per heavy atom. The van der Waals surface area contributed by atoms with Crippen molar-refractivity contribution >= 4 is 11.3 Å². The van der Waals surface area contributed by atoms with Crippen molar-refractivity contribution in [1.82, 2.24) is 0 Å². The van der Waals surface area contributed by atoms with E-state index in [4.69, 9.17) is 0 Å². The first-order valence-electron chi connectivity index (χ1n) is 5.73. The Hall–Kier alpha value is -1.93. The molecule has 0 nitrogen and oxygen atoms in total. The van der Waals surface area contributed by atoms with E-state index in [1.807, 2.05) is 6.07 Å². The summed E-state index contributed by atoms with van der Waals surface area (Å²) >= 11 is 1.73. The summed E-state index contributed by atoms with van der Waals surface area (Å²) < 4.78 is 12.9. The molecular formula is C16H11FS. The fourth-order valence-corrected chi connectivity index (χ4v) is 2.65. The third-order valence-corrected chi connectivity index (χ3v) is 3.79. The van der Waals surface area contributed by atoms with Crippen LogP contribution in [0.25, 0.3) is 21.6 Å². The minimum atomic E-state index is -0.200. The second-order valence-electron chi connectivity index (χ2n) is 4.06. The van der Waals surface area contributed by atoms with Crippen LogP contribution in [-0.4, -0.2) is 0 Å². The summed E-state index contributed by atoms with van der Waals surface area (Å²) in [4.78, 5) is 1.26. The molecule has 2 aromatic carbocycles. The highest BCUT2D eigenvalue weighted by Crippen LogP contribution is 2.27. The lowest BCUT2D eigenvalue weighted by atomic mass is 10.0. The van der Waals surface area contributed by atoms with Crippen LogP contribution in [0.5, 0.6) is 0 Å². The monoisotopic (exact) mass is 254 g/mol. The summed E-state index contributed by atoms with van der Waals surface area (Å²) in [6.45, 7) is 0. The minimum absolute atomic E-state index is 0.200. The van der Waals surface area contributed by atoms with E-state index in [1.165, 1.54) is 22.6 Å². The maximum Gasteiger partial charge on any atom is 0.123 e. The van der Waals surface area contributed by atoms with Crippen LogP contribution in [0.1, 0.15) is 0 Å². The quantitative estimate of drug-likeness (QED) is 0.588. The van der Waals surface area contributed by atoms with E-state index in [-0.39, 0.29) is 5.82 Å². The average Bonchev–Trinajstić information content (AvgIpc) is 2.94. The fourth-order valence-electron chi connectivity index (χ4n) is 1.91. The van der Waals surface area contributed by atoms with Gasteiger partial charge in [-0.15, -0.1) is 11.3 Å². The molecule has 0 radical (unpaired) electrons. The first kappa shape index (κ1) is 11.2. The first-order chi connectivity index (χ1) is 8.83. The van der Waals surface area contributed by atoms with Crippen molar-refractivity contribution in [3.63, 3.8) is 0 Å². The fraction of sp³-hybridized carbons (Fsp3) is 0. The molecule has 0 aliphatic rings. The van der Waals surface area contributed by atoms with E-state index in [0.29, 0.717) is 0 Å². The molecule has 2 heteroatoms. The maximum atomic E-state index is 12.9. The molecule has 18 heavy (non-hydrogen) atoms. The molecule has 0 unspecified atom stereocenters. The number of rotatable bonds is 2. The van der Waals surface area contributed by atoms with E-state index in [1.54, 1.807) is 23.5 Å². The Kier molecular flexibility index (Phi) is 2.95. The van der Waals surface area contributed by atoms with E-state index in [2.05, 4.69) is 35.7 Å². The Balaban J connectivity index is 1.94. The molecule has 0 saturated carbocycles. The molecule has 0 atom stereocenters. The summed E-state index contributed by atoms with van der Waals surface area (Å²) in [5.41, 5.74) is 3.36. The van der Waals surface area contributed by atoms with Gasteiger partial charge >= 0.3 is 0 Å². The smallest absolute Gasteiger partial charge is 0.123 e. The normalized spacial score (nSPS) is 10.5. The summed E-state index contributed by atoms with van der Waals surface area (Å²) in [6, 6.07) is 19.1. The molecule has 3 aromatic rings. The van der Waals surface area contributed by atoms with Gasteiger partial charge in [-0.2, -0.15) is 0 Å². The van der Waals surface area contributed by atoms with Crippen molar-refractivity contribution in [3.8, 4) is 21.6 Å². The van der Waals surface area contributed by atoms with Crippen LogP contribution in [0.2, 0.25) is 0 Å². The van der Waals surface area contributed by atoms with Gasteiger partial charge in [0.25, 0.3) is 0 Å². The van der Waals surface area contributed by atoms with Crippen molar-refractivity contribution < 1.29 is 4.39 Å². The number of hydrogen-bond acceptors (Lipinski definition) is 1. The van der Waals surface area contributed by atoms with E-state index in [9.17, 15) is 4.39 Å². The summed E-state index contributed by atoms with van der Waals surface area (Å²) in [5.74, 6) is -0.200. The SMILES string of the molecule is Fc1ccc(-c2ccc(-c3cccs3)cc2)cc1. The van der Waals surface area contributed by atoms with Gasteiger partial charge in [0.1, 0.15) is 5.82 Å². The van der Waals surface area contributed by atoms with Gasteiger partial charge in [-0.05, 0) is 40.3 Å². The van der Waals surface area contributed by atoms with Gasteiger partial charge in [0.15, 0.2) is 0 Å². The van der Waals surface area contributed by atoms with Gasteiger partial charge in [-0.1, -0.05) is 42.5 Å². The van der Waals surface area contributed by atoms with Crippen molar-refractivity contribution in [2.75, 3.05) is 0 Å². The summed E-state index contributed by atoms with van der Waals surface area (Å²) in [5, 5.41) is 2.07. The Morgan fingerprint density at radius 3 is 1.78 bits per heavy atom. The Morgan fingerprint density at radius 1 is 0.667 bits per heavy atom. The highest BCUT2D eigenvalue weighted by atomic mass is 32.1. The number of hydrogen-bond donors (Lipinski definition) is 0. The second kappa shape index (κ2) is 4.75. The van der Waals surface area contributed by atoms with Crippen LogP contribution in [0, 0.1) is 5.82 Å². The lowest BCUT2D eigenvalue weighted by Crippen LogP contribution is -1.79. The van der Waals surface area contributed by atoms with E-state index in [0.717, 1.165) is 11.1 Å². The van der Waals surface area contributed by atoms with Crippen LogP contribution >= 0.6 is 11.3 Å². The average molecular weight is 254 g/mol. The van der Waals surface area contributed by atoms with Crippen molar-refractivity contribution in [2.24, 2.45) is 0 Å². The predicted octanol–water partition coefficient (Wildman–Crippen LogP) is 5.22. The van der Waals surface area contributed by atoms with Gasteiger partial charge < -0.3 is 0 Å². The molecule has 3 rings (SSSR count). The molecule has 0 spiro atoms. The van der Waals surface area contributed by atoms with Crippen molar-refractivity contribution in [2.45, 2.75) is 0 Å². The zero-order valence-corrected chi connectivity index (χ0v) is 10.5. The van der Waals surface area contributed by atoms with Crippen LogP contribution in [0.3, 0.4) is 0 Å². The molecule has 1 heterocycles. The largest absolute Gasteiger partial charge is 0.207 e.